The van der Waals surface area contributed by atoms with E-state index in [1.165, 1.54) is 12.6 Å². The largest absolute Gasteiger partial charge is 0.389 e. The van der Waals surface area contributed by atoms with Gasteiger partial charge in [0, 0.05) is 12.7 Å². The molecule has 0 aliphatic heterocycles. The second kappa shape index (κ2) is 12.3. The van der Waals surface area contributed by atoms with Gasteiger partial charge in [-0.2, -0.15) is 0 Å². The molecule has 8 nitrogen and oxygen atoms in total. The molecule has 1 amide bonds. The molecule has 1 heterocycles. The number of pyridine rings is 1. The number of nitrogens with one attached hydrogen (secondary N) is 2. The van der Waals surface area contributed by atoms with Crippen molar-refractivity contribution >= 4 is 15.9 Å². The third-order valence-electron chi connectivity index (χ3n) is 5.57. The Hall–Kier alpha value is -1.55. The molecular formula is C21H35N3O5S. The Balaban J connectivity index is 2.06. The number of sulfonamides is 1. The Morgan fingerprint density at radius 2 is 1.97 bits per heavy atom. The van der Waals surface area contributed by atoms with Crippen LogP contribution in [0.5, 0.6) is 0 Å². The van der Waals surface area contributed by atoms with E-state index in [1.807, 2.05) is 6.92 Å². The van der Waals surface area contributed by atoms with Gasteiger partial charge in [0.05, 0.1) is 17.9 Å². The highest BCUT2D eigenvalue weighted by Gasteiger charge is 2.33. The average Bonchev–Trinajstić information content (AvgIpc) is 2.73. The summed E-state index contributed by atoms with van der Waals surface area (Å²) in [7, 11) is -3.73. The van der Waals surface area contributed by atoms with Crippen LogP contribution in [0.15, 0.2) is 24.4 Å². The number of aliphatic hydroxyl groups is 2. The maximum atomic E-state index is 12.6. The van der Waals surface area contributed by atoms with Gasteiger partial charge in [0.1, 0.15) is 11.8 Å². The van der Waals surface area contributed by atoms with Crippen LogP contribution < -0.4 is 10.0 Å². The number of hydrogen-bond donors (Lipinski definition) is 4. The zero-order valence-corrected chi connectivity index (χ0v) is 18.5. The Labute approximate surface area is 179 Å². The van der Waals surface area contributed by atoms with E-state index in [2.05, 4.69) is 15.0 Å². The Bertz CT molecular complexity index is 738. The van der Waals surface area contributed by atoms with Gasteiger partial charge >= 0.3 is 0 Å². The maximum absolute atomic E-state index is 12.6. The van der Waals surface area contributed by atoms with Crippen molar-refractivity contribution in [1.82, 2.24) is 15.0 Å². The molecule has 170 valence electrons. The van der Waals surface area contributed by atoms with Gasteiger partial charge in [-0.05, 0) is 30.9 Å². The quantitative estimate of drug-likeness (QED) is 0.365. The predicted octanol–water partition coefficient (Wildman–Crippen LogP) is 1.59. The van der Waals surface area contributed by atoms with Crippen LogP contribution in [0.2, 0.25) is 0 Å². The molecule has 30 heavy (non-hydrogen) atoms. The highest BCUT2D eigenvalue weighted by molar-refractivity contribution is 7.89. The highest BCUT2D eigenvalue weighted by atomic mass is 32.2. The smallest absolute Gasteiger partial charge is 0.270 e. The van der Waals surface area contributed by atoms with Gasteiger partial charge in [0.2, 0.25) is 10.0 Å². The topological polar surface area (TPSA) is 129 Å². The molecule has 0 bridgehead atoms. The summed E-state index contributed by atoms with van der Waals surface area (Å²) in [6.45, 7) is 2.25. The molecule has 4 N–H and O–H groups in total. The minimum atomic E-state index is -3.73. The van der Waals surface area contributed by atoms with Crippen molar-refractivity contribution in [3.8, 4) is 0 Å². The monoisotopic (exact) mass is 441 g/mol. The van der Waals surface area contributed by atoms with Gasteiger partial charge in [0.15, 0.2) is 0 Å². The first kappa shape index (κ1) is 24.7. The molecule has 1 aromatic rings. The fraction of sp³-hybridized carbons (Fsp3) is 0.714. The van der Waals surface area contributed by atoms with Gasteiger partial charge in [-0.3, -0.25) is 9.78 Å². The number of nitrogens with zero attached hydrogens (tertiary/aromatic N) is 1. The van der Waals surface area contributed by atoms with Crippen molar-refractivity contribution in [2.75, 3.05) is 12.3 Å². The normalized spacial score (nSPS) is 18.5. The van der Waals surface area contributed by atoms with Crippen molar-refractivity contribution in [1.29, 1.82) is 0 Å². The summed E-state index contributed by atoms with van der Waals surface area (Å²) < 4.78 is 26.8. The number of aromatic nitrogens is 1. The van der Waals surface area contributed by atoms with Crippen LogP contribution in [0, 0.1) is 5.92 Å². The van der Waals surface area contributed by atoms with E-state index in [0.29, 0.717) is 25.3 Å². The van der Waals surface area contributed by atoms with E-state index in [1.54, 1.807) is 18.2 Å². The molecule has 3 atom stereocenters. The van der Waals surface area contributed by atoms with E-state index in [9.17, 15) is 23.4 Å². The lowest BCUT2D eigenvalue weighted by atomic mass is 9.83. The summed E-state index contributed by atoms with van der Waals surface area (Å²) in [5.41, 5.74) is 0.210. The summed E-state index contributed by atoms with van der Waals surface area (Å²) in [6.07, 6.45) is 5.98. The zero-order chi connectivity index (χ0) is 22.0. The second-order valence-electron chi connectivity index (χ2n) is 8.12. The summed E-state index contributed by atoms with van der Waals surface area (Å²) in [4.78, 5) is 16.6. The molecule has 2 rings (SSSR count). The fourth-order valence-electron chi connectivity index (χ4n) is 3.86. The molecule has 0 spiro atoms. The molecule has 0 saturated heterocycles. The SMILES string of the molecule is CCCCNS(=O)(=O)CC(O)C(O)C(CC1CCCCC1)NC(=O)c1ccccn1. The number of rotatable bonds is 12. The van der Waals surface area contributed by atoms with Crippen molar-refractivity contribution < 1.29 is 23.4 Å². The molecule has 1 aliphatic carbocycles. The first-order valence-corrected chi connectivity index (χ1v) is 12.5. The van der Waals surface area contributed by atoms with E-state index in [0.717, 1.165) is 32.1 Å². The standard InChI is InChI=1S/C21H35N3O5S/c1-2-3-13-23-30(28,29)15-19(25)20(26)18(14-16-9-5-4-6-10-16)24-21(27)17-11-7-8-12-22-17/h7-8,11-12,16,18-20,23,25-26H,2-6,9-10,13-15H2,1H3,(H,24,27). The van der Waals surface area contributed by atoms with Crippen LogP contribution in [-0.4, -0.2) is 60.1 Å². The lowest BCUT2D eigenvalue weighted by molar-refractivity contribution is 0.00195. The van der Waals surface area contributed by atoms with Crippen LogP contribution in [-0.2, 0) is 10.0 Å². The predicted molar refractivity (Wildman–Crippen MR) is 115 cm³/mol. The van der Waals surface area contributed by atoms with E-state index in [-0.39, 0.29) is 5.69 Å². The van der Waals surface area contributed by atoms with E-state index < -0.39 is 39.9 Å². The molecule has 1 fully saturated rings. The van der Waals surface area contributed by atoms with E-state index >= 15 is 0 Å². The molecule has 0 radical (unpaired) electrons. The molecule has 1 aromatic heterocycles. The molecule has 1 aliphatic rings. The van der Waals surface area contributed by atoms with E-state index in [4.69, 9.17) is 0 Å². The van der Waals surface area contributed by atoms with Gasteiger partial charge in [0.25, 0.3) is 5.91 Å². The molecule has 1 saturated carbocycles. The van der Waals surface area contributed by atoms with Crippen LogP contribution in [0.3, 0.4) is 0 Å². The zero-order valence-electron chi connectivity index (χ0n) is 17.7. The lowest BCUT2D eigenvalue weighted by Crippen LogP contribution is -2.52. The molecule has 0 aromatic carbocycles. The van der Waals surface area contributed by atoms with Crippen LogP contribution in [0.1, 0.15) is 68.8 Å². The number of carbonyl (C=O) groups excluding carboxylic acids is 1. The van der Waals surface area contributed by atoms with Crippen molar-refractivity contribution in [2.24, 2.45) is 5.92 Å². The molecule has 3 unspecified atom stereocenters. The summed E-state index contributed by atoms with van der Waals surface area (Å²) in [5, 5.41) is 24.0. The number of carbonyl (C=O) groups is 1. The summed E-state index contributed by atoms with van der Waals surface area (Å²) in [5.74, 6) is -0.751. The fourth-order valence-corrected chi connectivity index (χ4v) is 5.08. The first-order valence-electron chi connectivity index (χ1n) is 10.9. The van der Waals surface area contributed by atoms with Gasteiger partial charge in [-0.1, -0.05) is 51.5 Å². The average molecular weight is 442 g/mol. The number of aliphatic hydroxyl groups excluding tert-OH is 2. The minimum absolute atomic E-state index is 0.210. The van der Waals surface area contributed by atoms with Crippen LogP contribution in [0.4, 0.5) is 0 Å². The van der Waals surface area contributed by atoms with Crippen molar-refractivity contribution in [3.63, 3.8) is 0 Å². The lowest BCUT2D eigenvalue weighted by Gasteiger charge is -2.32. The van der Waals surface area contributed by atoms with Crippen molar-refractivity contribution in [2.45, 2.75) is 76.5 Å². The third kappa shape index (κ3) is 8.29. The Morgan fingerprint density at radius 3 is 2.60 bits per heavy atom. The number of amides is 1. The maximum Gasteiger partial charge on any atom is 0.270 e. The van der Waals surface area contributed by atoms with Gasteiger partial charge < -0.3 is 15.5 Å². The first-order chi connectivity index (χ1) is 14.3. The van der Waals surface area contributed by atoms with Crippen LogP contribution >= 0.6 is 0 Å². The highest BCUT2D eigenvalue weighted by Crippen LogP contribution is 2.28. The Morgan fingerprint density at radius 1 is 1.23 bits per heavy atom. The molecular weight excluding hydrogens is 406 g/mol. The summed E-state index contributed by atoms with van der Waals surface area (Å²) in [6, 6.07) is 4.20. The number of unbranched alkanes of at least 4 members (excludes halogenated alkanes) is 1. The second-order valence-corrected chi connectivity index (χ2v) is 9.97. The van der Waals surface area contributed by atoms with Gasteiger partial charge in [-0.25, -0.2) is 13.1 Å². The summed E-state index contributed by atoms with van der Waals surface area (Å²) >= 11 is 0. The Kier molecular flexibility index (Phi) is 10.2. The number of hydrogen-bond acceptors (Lipinski definition) is 6. The minimum Gasteiger partial charge on any atom is -0.389 e. The van der Waals surface area contributed by atoms with Crippen molar-refractivity contribution in [3.05, 3.63) is 30.1 Å². The van der Waals surface area contributed by atoms with Crippen LogP contribution in [0.25, 0.3) is 0 Å². The van der Waals surface area contributed by atoms with Gasteiger partial charge in [-0.15, -0.1) is 0 Å². The molecule has 9 heteroatoms. The third-order valence-corrected chi connectivity index (χ3v) is 7.00.